The van der Waals surface area contributed by atoms with E-state index >= 15 is 0 Å². The maximum Gasteiger partial charge on any atom is -0.0326 e. The highest BCUT2D eigenvalue weighted by Crippen LogP contribution is 2.50. The molecule has 0 heteroatoms. The van der Waals surface area contributed by atoms with E-state index in [1.807, 2.05) is 0 Å². The van der Waals surface area contributed by atoms with Crippen molar-refractivity contribution in [3.8, 4) is 0 Å². The lowest BCUT2D eigenvalue weighted by Crippen LogP contribution is -2.33. The molecular weight excluding hydrogens is 1110 g/mol. The Labute approximate surface area is 587 Å². The lowest BCUT2D eigenvalue weighted by Gasteiger charge is -2.44. The lowest BCUT2D eigenvalue weighted by atomic mass is 9.62. The highest BCUT2D eigenvalue weighted by Gasteiger charge is 2.38. The first-order valence-corrected chi connectivity index (χ1v) is 42.6. The van der Waals surface area contributed by atoms with Crippen molar-refractivity contribution in [2.24, 2.45) is 139 Å². The predicted molar refractivity (Wildman–Crippen MR) is 423 cm³/mol. The molecule has 0 aromatic rings. The highest BCUT2D eigenvalue weighted by atomic mass is 14.4. The molecule has 0 aromatic carbocycles. The molecule has 13 fully saturated rings. The Morgan fingerprint density at radius 3 is 0.728 bits per heavy atom. The van der Waals surface area contributed by atoms with E-state index in [9.17, 15) is 0 Å². The van der Waals surface area contributed by atoms with Crippen molar-refractivity contribution < 1.29 is 0 Å². The van der Waals surface area contributed by atoms with E-state index in [1.54, 1.807) is 0 Å². The molecule has 13 aliphatic carbocycles. The van der Waals surface area contributed by atoms with Crippen molar-refractivity contribution in [3.05, 3.63) is 0 Å². The third kappa shape index (κ3) is 35.4. The summed E-state index contributed by atoms with van der Waals surface area (Å²) in [4.78, 5) is 0. The number of hydrogen-bond acceptors (Lipinski definition) is 0. The van der Waals surface area contributed by atoms with Crippen LogP contribution < -0.4 is 0 Å². The van der Waals surface area contributed by atoms with Gasteiger partial charge in [0.15, 0.2) is 0 Å². The van der Waals surface area contributed by atoms with Crippen molar-refractivity contribution in [2.45, 2.75) is 452 Å². The monoisotopic (exact) mass is 1290 g/mol. The zero-order valence-corrected chi connectivity index (χ0v) is 70.5. The molecule has 0 radical (unpaired) electrons. The van der Waals surface area contributed by atoms with Crippen LogP contribution in [0.2, 0.25) is 0 Å². The molecule has 0 aliphatic heterocycles. The van der Waals surface area contributed by atoms with E-state index in [4.69, 9.17) is 0 Å². The van der Waals surface area contributed by atoms with Gasteiger partial charge in [0.2, 0.25) is 0 Å². The Morgan fingerprint density at radius 2 is 0.707 bits per heavy atom. The van der Waals surface area contributed by atoms with Crippen molar-refractivity contribution in [2.75, 3.05) is 0 Å². The fourth-order valence-corrected chi connectivity index (χ4v) is 17.4. The molecule has 0 heterocycles. The van der Waals surface area contributed by atoms with Crippen LogP contribution in [0.3, 0.4) is 0 Å². The smallest absolute Gasteiger partial charge is 0.0326 e. The van der Waals surface area contributed by atoms with Crippen molar-refractivity contribution in [3.63, 3.8) is 0 Å². The maximum absolute atomic E-state index is 2.39. The van der Waals surface area contributed by atoms with Gasteiger partial charge in [0.25, 0.3) is 0 Å². The molecular formula is C92H184. The molecule has 13 rings (SSSR count). The average molecular weight is 1290 g/mol. The first kappa shape index (κ1) is 90.0. The molecule has 92 heavy (non-hydrogen) atoms. The summed E-state index contributed by atoms with van der Waals surface area (Å²) in [5.74, 6) is 17.6. The van der Waals surface area contributed by atoms with Crippen LogP contribution in [0.5, 0.6) is 0 Å². The van der Waals surface area contributed by atoms with E-state index in [0.29, 0.717) is 27.1 Å². The molecule has 5 unspecified atom stereocenters. The summed E-state index contributed by atoms with van der Waals surface area (Å²) < 4.78 is 0. The Kier molecular flexibility index (Phi) is 42.7. The van der Waals surface area contributed by atoms with E-state index < -0.39 is 0 Å². The zero-order chi connectivity index (χ0) is 70.5. The molecule has 8 atom stereocenters. The minimum Gasteiger partial charge on any atom is -0.0654 e. The molecule has 0 bridgehead atoms. The Morgan fingerprint density at radius 1 is 0.337 bits per heavy atom. The summed E-state index contributed by atoms with van der Waals surface area (Å²) in [6, 6.07) is 0. The van der Waals surface area contributed by atoms with Crippen molar-refractivity contribution in [1.29, 1.82) is 0 Å². The van der Waals surface area contributed by atoms with Crippen LogP contribution in [-0.4, -0.2) is 0 Å². The molecule has 0 nitrogen and oxygen atoms in total. The predicted octanol–water partition coefficient (Wildman–Crippen LogP) is 32.4. The van der Waals surface area contributed by atoms with E-state index in [0.717, 1.165) is 111 Å². The minimum atomic E-state index is 0.681. The fraction of sp³-hybridized carbons (Fsp3) is 1.00. The van der Waals surface area contributed by atoms with E-state index in [2.05, 4.69) is 215 Å². The van der Waals surface area contributed by atoms with Gasteiger partial charge in [-0.05, 0) is 267 Å². The summed E-state index contributed by atoms with van der Waals surface area (Å²) in [5, 5.41) is 0. The second-order valence-electron chi connectivity index (χ2n) is 40.9. The first-order valence-electron chi connectivity index (χ1n) is 42.6. The Hall–Kier alpha value is 0. The van der Waals surface area contributed by atoms with Crippen LogP contribution in [0, 0.1) is 139 Å². The topological polar surface area (TPSA) is 0 Å². The average Bonchev–Trinajstić information content (AvgIpc) is 0.865. The molecule has 552 valence electrons. The van der Waals surface area contributed by atoms with Crippen LogP contribution in [0.4, 0.5) is 0 Å². The molecule has 0 amide bonds. The lowest BCUT2D eigenvalue weighted by molar-refractivity contribution is 0.0691. The molecule has 0 N–H and O–H groups in total. The van der Waals surface area contributed by atoms with Crippen molar-refractivity contribution >= 4 is 0 Å². The number of rotatable bonds is 9. The Balaban J connectivity index is 0.000000498. The van der Waals surface area contributed by atoms with Gasteiger partial charge in [0, 0.05) is 0 Å². The van der Waals surface area contributed by atoms with Gasteiger partial charge in [0.1, 0.15) is 0 Å². The van der Waals surface area contributed by atoms with E-state index in [-0.39, 0.29) is 0 Å². The van der Waals surface area contributed by atoms with Gasteiger partial charge in [-0.25, -0.2) is 0 Å². The second kappa shape index (κ2) is 43.6. The normalized spacial score (nSPS) is 33.7. The third-order valence-corrected chi connectivity index (χ3v) is 29.3. The zero-order valence-electron chi connectivity index (χ0n) is 70.5. The molecule has 13 saturated carbocycles. The van der Waals surface area contributed by atoms with Crippen molar-refractivity contribution in [1.82, 2.24) is 0 Å². The van der Waals surface area contributed by atoms with Gasteiger partial charge in [0.05, 0.1) is 0 Å². The first-order chi connectivity index (χ1) is 42.6. The van der Waals surface area contributed by atoms with Crippen LogP contribution in [-0.2, 0) is 0 Å². The SMILES string of the molecule is CC(C)C1CCC1.CC1CC(C)(C)C1.CC1CC(C)(C)C1.CC1CCC1(C)C.CC1C[C@H](C)C1C.CCC1(C)CCC1.CCC1(C)CCC1.CCC1CC(C)C1.CCC1CC(C)C1.CCC1CCC1(C)C.CCC1CC[C@@H]1C.CCCC1CCC1.C[C@H]1CCC1(C)C. The van der Waals surface area contributed by atoms with Gasteiger partial charge in [-0.15, -0.1) is 0 Å². The van der Waals surface area contributed by atoms with Gasteiger partial charge < -0.3 is 0 Å². The van der Waals surface area contributed by atoms with Gasteiger partial charge in [-0.3, -0.25) is 0 Å². The third-order valence-electron chi connectivity index (χ3n) is 29.3. The molecule has 0 saturated heterocycles. The maximum atomic E-state index is 2.39. The summed E-state index contributed by atoms with van der Waals surface area (Å²) in [7, 11) is 0. The highest BCUT2D eigenvalue weighted by molar-refractivity contribution is 4.89. The summed E-state index contributed by atoms with van der Waals surface area (Å²) >= 11 is 0. The van der Waals surface area contributed by atoms with Gasteiger partial charge in [-0.1, -0.05) is 324 Å². The van der Waals surface area contributed by atoms with Gasteiger partial charge >= 0.3 is 0 Å². The summed E-state index contributed by atoms with van der Waals surface area (Å²) in [5.41, 5.74) is 4.97. The quantitative estimate of drug-likeness (QED) is 0.216. The van der Waals surface area contributed by atoms with Gasteiger partial charge in [-0.2, -0.15) is 0 Å². The van der Waals surface area contributed by atoms with Crippen LogP contribution in [0.1, 0.15) is 452 Å². The molecule has 0 spiro atoms. The van der Waals surface area contributed by atoms with E-state index in [1.165, 1.54) is 238 Å². The molecule has 13 aliphatic rings. The Bertz CT molecular complexity index is 1620. The van der Waals surface area contributed by atoms with Crippen LogP contribution in [0.15, 0.2) is 0 Å². The second-order valence-corrected chi connectivity index (χ2v) is 40.9. The van der Waals surface area contributed by atoms with Crippen LogP contribution in [0.25, 0.3) is 0 Å². The fourth-order valence-electron chi connectivity index (χ4n) is 17.4. The summed E-state index contributed by atoms with van der Waals surface area (Å²) in [6.07, 6.45) is 54.0. The summed E-state index contributed by atoms with van der Waals surface area (Å²) in [6.45, 7) is 72.3. The largest absolute Gasteiger partial charge is 0.0654 e. The van der Waals surface area contributed by atoms with Crippen LogP contribution >= 0.6 is 0 Å². The number of hydrogen-bond donors (Lipinski definition) is 0. The molecule has 0 aromatic heterocycles. The standard InChI is InChI=1S/C8H16.12C7H14/c1-4-7-5-6-8(7,2)3;2*1-6-4-7(2,3)5-6;2*1-6-4-5-7(6,2)3;1-5-4-6(2)7(5)3;1-6(2)7-4-3-5-7;2*1-3-7-4-6(2)5-7;2*1-3-7(2)5-4-6-7;1-3-7-5-4-6(7)2;1-2-4-7-5-3-6-7/h7H,4-6H2,1-3H3;4*6H,4-5H2,1-3H3;5-7H,4H2,1-3H3;3*6-7H,3-5H2,1-2H3;2*3-6H2,1-2H3;6-7H,3-5H2,1-2H3;7H,2-6H2,1H3/t;;;6-;;5-,6?,7?;;;;;;6-,7?;/m...0.0.....0./s1. The minimum absolute atomic E-state index is 0.681.